The Balaban J connectivity index is 1.96. The molecule has 7 heteroatoms. The van der Waals surface area contributed by atoms with E-state index in [4.69, 9.17) is 9.47 Å². The molecule has 0 aliphatic heterocycles. The van der Waals surface area contributed by atoms with Crippen LogP contribution in [0.2, 0.25) is 0 Å². The molecule has 0 radical (unpaired) electrons. The lowest BCUT2D eigenvalue weighted by molar-refractivity contribution is -0.155. The standard InChI is InChI=1S/C19H26N2O5/c1-3-7-16(17(26-13(2)22)18(23)20-15-10-11-15)21-19(24)25-12-14-8-5-4-6-9-14/h4-6,8-9,15-17H,3,7,10-12H2,1-2H3,(H,20,23)(H,21,24). The number of esters is 1. The number of carbonyl (C=O) groups is 3. The average Bonchev–Trinajstić information content (AvgIpc) is 3.42. The van der Waals surface area contributed by atoms with Gasteiger partial charge in [0.25, 0.3) is 5.91 Å². The highest BCUT2D eigenvalue weighted by Gasteiger charge is 2.35. The molecule has 2 atom stereocenters. The Kier molecular flexibility index (Phi) is 7.44. The van der Waals surface area contributed by atoms with E-state index in [0.717, 1.165) is 18.4 Å². The first-order chi connectivity index (χ1) is 12.5. The van der Waals surface area contributed by atoms with Crippen molar-refractivity contribution in [1.82, 2.24) is 10.6 Å². The number of rotatable bonds is 9. The fraction of sp³-hybridized carbons (Fsp3) is 0.526. The van der Waals surface area contributed by atoms with Gasteiger partial charge in [0.1, 0.15) is 6.61 Å². The predicted octanol–water partition coefficient (Wildman–Crippen LogP) is 2.29. The van der Waals surface area contributed by atoms with Gasteiger partial charge in [0.05, 0.1) is 6.04 Å². The van der Waals surface area contributed by atoms with E-state index in [-0.39, 0.29) is 18.6 Å². The lowest BCUT2D eigenvalue weighted by Gasteiger charge is -2.26. The average molecular weight is 362 g/mol. The first-order valence-electron chi connectivity index (χ1n) is 8.94. The zero-order valence-corrected chi connectivity index (χ0v) is 15.2. The fourth-order valence-electron chi connectivity index (χ4n) is 2.53. The summed E-state index contributed by atoms with van der Waals surface area (Å²) in [5.74, 6) is -0.953. The molecule has 1 aromatic rings. The van der Waals surface area contributed by atoms with Crippen LogP contribution in [-0.4, -0.2) is 36.2 Å². The third-order valence-electron chi connectivity index (χ3n) is 3.96. The van der Waals surface area contributed by atoms with Gasteiger partial charge in [-0.3, -0.25) is 9.59 Å². The van der Waals surface area contributed by atoms with Crippen molar-refractivity contribution in [1.29, 1.82) is 0 Å². The van der Waals surface area contributed by atoms with Crippen LogP contribution in [0.25, 0.3) is 0 Å². The molecule has 0 spiro atoms. The van der Waals surface area contributed by atoms with E-state index in [1.54, 1.807) is 0 Å². The van der Waals surface area contributed by atoms with Crippen molar-refractivity contribution < 1.29 is 23.9 Å². The van der Waals surface area contributed by atoms with Crippen LogP contribution in [-0.2, 0) is 25.7 Å². The first-order valence-corrected chi connectivity index (χ1v) is 8.94. The van der Waals surface area contributed by atoms with Gasteiger partial charge in [-0.2, -0.15) is 0 Å². The molecule has 0 saturated heterocycles. The maximum Gasteiger partial charge on any atom is 0.407 e. The molecule has 0 heterocycles. The molecule has 1 saturated carbocycles. The predicted molar refractivity (Wildman–Crippen MR) is 95.2 cm³/mol. The normalized spacial score (nSPS) is 15.5. The molecule has 142 valence electrons. The van der Waals surface area contributed by atoms with Crippen molar-refractivity contribution in [3.05, 3.63) is 35.9 Å². The molecular weight excluding hydrogens is 336 g/mol. The van der Waals surface area contributed by atoms with Crippen LogP contribution in [0.15, 0.2) is 30.3 Å². The van der Waals surface area contributed by atoms with E-state index in [0.29, 0.717) is 12.8 Å². The van der Waals surface area contributed by atoms with Gasteiger partial charge >= 0.3 is 12.1 Å². The van der Waals surface area contributed by atoms with E-state index in [9.17, 15) is 14.4 Å². The summed E-state index contributed by atoms with van der Waals surface area (Å²) in [7, 11) is 0. The Hall–Kier alpha value is -2.57. The van der Waals surface area contributed by atoms with Crippen molar-refractivity contribution in [3.8, 4) is 0 Å². The SMILES string of the molecule is CCCC(NC(=O)OCc1ccccc1)C(OC(C)=O)C(=O)NC1CC1. The van der Waals surface area contributed by atoms with Gasteiger partial charge in [-0.25, -0.2) is 4.79 Å². The molecule has 1 aromatic carbocycles. The zero-order chi connectivity index (χ0) is 18.9. The maximum absolute atomic E-state index is 12.4. The maximum atomic E-state index is 12.4. The highest BCUT2D eigenvalue weighted by Crippen LogP contribution is 2.20. The zero-order valence-electron chi connectivity index (χ0n) is 15.2. The smallest absolute Gasteiger partial charge is 0.407 e. The minimum Gasteiger partial charge on any atom is -0.450 e. The summed E-state index contributed by atoms with van der Waals surface area (Å²) in [5.41, 5.74) is 0.859. The third kappa shape index (κ3) is 6.74. The minimum atomic E-state index is -1.07. The van der Waals surface area contributed by atoms with Gasteiger partial charge in [-0.1, -0.05) is 43.7 Å². The monoisotopic (exact) mass is 362 g/mol. The lowest BCUT2D eigenvalue weighted by atomic mass is 10.0. The highest BCUT2D eigenvalue weighted by molar-refractivity contribution is 5.85. The van der Waals surface area contributed by atoms with Gasteiger partial charge in [0, 0.05) is 13.0 Å². The molecule has 2 N–H and O–H groups in total. The van der Waals surface area contributed by atoms with Crippen molar-refractivity contribution in [2.45, 2.75) is 64.3 Å². The van der Waals surface area contributed by atoms with Gasteiger partial charge in [0.15, 0.2) is 6.10 Å². The van der Waals surface area contributed by atoms with Crippen LogP contribution in [0.4, 0.5) is 4.79 Å². The lowest BCUT2D eigenvalue weighted by Crippen LogP contribution is -2.52. The number of benzene rings is 1. The van der Waals surface area contributed by atoms with Gasteiger partial charge in [-0.05, 0) is 24.8 Å². The summed E-state index contributed by atoms with van der Waals surface area (Å²) in [4.78, 5) is 36.0. The number of carbonyl (C=O) groups excluding carboxylic acids is 3. The summed E-state index contributed by atoms with van der Waals surface area (Å²) >= 11 is 0. The molecule has 1 aliphatic rings. The van der Waals surface area contributed by atoms with Gasteiger partial charge in [0.2, 0.25) is 0 Å². The summed E-state index contributed by atoms with van der Waals surface area (Å²) in [5, 5.41) is 5.49. The summed E-state index contributed by atoms with van der Waals surface area (Å²) in [6, 6.07) is 8.77. The topological polar surface area (TPSA) is 93.7 Å². The Morgan fingerprint density at radius 3 is 2.46 bits per heavy atom. The van der Waals surface area contributed by atoms with E-state index < -0.39 is 24.2 Å². The molecule has 1 fully saturated rings. The summed E-state index contributed by atoms with van der Waals surface area (Å²) < 4.78 is 10.4. The quantitative estimate of drug-likeness (QED) is 0.658. The Morgan fingerprint density at radius 2 is 1.88 bits per heavy atom. The molecule has 26 heavy (non-hydrogen) atoms. The number of ether oxygens (including phenoxy) is 2. The molecule has 2 rings (SSSR count). The van der Waals surface area contributed by atoms with Crippen LogP contribution < -0.4 is 10.6 Å². The van der Waals surface area contributed by atoms with Crippen molar-refractivity contribution in [2.24, 2.45) is 0 Å². The Morgan fingerprint density at radius 1 is 1.19 bits per heavy atom. The highest BCUT2D eigenvalue weighted by atomic mass is 16.6. The fourth-order valence-corrected chi connectivity index (χ4v) is 2.53. The second-order valence-electron chi connectivity index (χ2n) is 6.41. The second kappa shape index (κ2) is 9.79. The Bertz CT molecular complexity index is 616. The number of hydrogen-bond donors (Lipinski definition) is 2. The second-order valence-corrected chi connectivity index (χ2v) is 6.41. The van der Waals surface area contributed by atoms with Crippen molar-refractivity contribution >= 4 is 18.0 Å². The number of alkyl carbamates (subject to hydrolysis) is 1. The molecule has 2 unspecified atom stereocenters. The number of amides is 2. The van der Waals surface area contributed by atoms with Crippen molar-refractivity contribution in [3.63, 3.8) is 0 Å². The molecule has 2 amide bonds. The Labute approximate surface area is 153 Å². The third-order valence-corrected chi connectivity index (χ3v) is 3.96. The summed E-state index contributed by atoms with van der Waals surface area (Å²) in [6.45, 7) is 3.29. The van der Waals surface area contributed by atoms with Crippen molar-refractivity contribution in [2.75, 3.05) is 0 Å². The molecule has 1 aliphatic carbocycles. The van der Waals surface area contributed by atoms with Crippen LogP contribution in [0, 0.1) is 0 Å². The van der Waals surface area contributed by atoms with Crippen LogP contribution in [0.5, 0.6) is 0 Å². The summed E-state index contributed by atoms with van der Waals surface area (Å²) in [6.07, 6.45) is 1.31. The van der Waals surface area contributed by atoms with Gasteiger partial charge < -0.3 is 20.1 Å². The molecular formula is C19H26N2O5. The largest absolute Gasteiger partial charge is 0.450 e. The van der Waals surface area contributed by atoms with E-state index >= 15 is 0 Å². The van der Waals surface area contributed by atoms with Crippen LogP contribution in [0.3, 0.4) is 0 Å². The van der Waals surface area contributed by atoms with Crippen LogP contribution >= 0.6 is 0 Å². The molecule has 0 aromatic heterocycles. The number of hydrogen-bond acceptors (Lipinski definition) is 5. The molecule has 0 bridgehead atoms. The van der Waals surface area contributed by atoms with Gasteiger partial charge in [-0.15, -0.1) is 0 Å². The van der Waals surface area contributed by atoms with E-state index in [2.05, 4.69) is 10.6 Å². The minimum absolute atomic E-state index is 0.123. The molecule has 7 nitrogen and oxygen atoms in total. The number of nitrogens with one attached hydrogen (secondary N) is 2. The van der Waals surface area contributed by atoms with Crippen LogP contribution in [0.1, 0.15) is 45.1 Å². The van der Waals surface area contributed by atoms with E-state index in [1.165, 1.54) is 6.92 Å². The first kappa shape index (κ1) is 19.8. The van der Waals surface area contributed by atoms with E-state index in [1.807, 2.05) is 37.3 Å².